The molecule has 0 aromatic heterocycles. The third kappa shape index (κ3) is 1.47. The number of para-hydroxylation sites is 1. The van der Waals surface area contributed by atoms with Crippen molar-refractivity contribution in [2.24, 2.45) is 0 Å². The summed E-state index contributed by atoms with van der Waals surface area (Å²) in [5.74, 6) is 2.20. The number of hydrogen-bond donors (Lipinski definition) is 0. The molecular weight excluding hydrogens is 220 g/mol. The Labute approximate surface area is 107 Å². The summed E-state index contributed by atoms with van der Waals surface area (Å²) in [6.07, 6.45) is 6.03. The zero-order chi connectivity index (χ0) is 11.9. The van der Waals surface area contributed by atoms with Crippen molar-refractivity contribution < 1.29 is 4.74 Å². The predicted molar refractivity (Wildman–Crippen MR) is 72.4 cm³/mol. The van der Waals surface area contributed by atoms with Gasteiger partial charge in [0.15, 0.2) is 0 Å². The van der Waals surface area contributed by atoms with Gasteiger partial charge in [0.2, 0.25) is 0 Å². The van der Waals surface area contributed by atoms with Crippen LogP contribution in [0, 0.1) is 0 Å². The zero-order valence-corrected chi connectivity index (χ0v) is 10.4. The molecule has 1 aliphatic heterocycles. The van der Waals surface area contributed by atoms with Crippen molar-refractivity contribution in [3.63, 3.8) is 0 Å². The van der Waals surface area contributed by atoms with E-state index in [9.17, 15) is 0 Å². The maximum Gasteiger partial charge on any atom is 0.134 e. The Balaban J connectivity index is 1.86. The summed E-state index contributed by atoms with van der Waals surface area (Å²) in [7, 11) is 0. The number of benzene rings is 2. The average molecular weight is 236 g/mol. The molecule has 4 rings (SSSR count). The van der Waals surface area contributed by atoms with E-state index in [1.807, 2.05) is 0 Å². The minimum Gasteiger partial charge on any atom is -0.456 e. The molecule has 2 aromatic carbocycles. The lowest BCUT2D eigenvalue weighted by Gasteiger charge is -2.26. The first-order valence-corrected chi connectivity index (χ1v) is 6.81. The van der Waals surface area contributed by atoms with Crippen LogP contribution in [-0.2, 0) is 19.3 Å². The van der Waals surface area contributed by atoms with Gasteiger partial charge in [-0.3, -0.25) is 0 Å². The molecule has 2 aliphatic rings. The van der Waals surface area contributed by atoms with E-state index in [1.165, 1.54) is 47.9 Å². The number of hydrogen-bond acceptors (Lipinski definition) is 1. The van der Waals surface area contributed by atoms with E-state index >= 15 is 0 Å². The van der Waals surface area contributed by atoms with Gasteiger partial charge in [-0.15, -0.1) is 0 Å². The summed E-state index contributed by atoms with van der Waals surface area (Å²) in [5, 5.41) is 0. The van der Waals surface area contributed by atoms with Crippen LogP contribution in [0.3, 0.4) is 0 Å². The Kier molecular flexibility index (Phi) is 2.19. The highest BCUT2D eigenvalue weighted by molar-refractivity contribution is 5.55. The van der Waals surface area contributed by atoms with Crippen LogP contribution in [-0.4, -0.2) is 0 Å². The molecule has 0 spiro atoms. The Hall–Kier alpha value is -1.76. The summed E-state index contributed by atoms with van der Waals surface area (Å²) in [6, 6.07) is 13.0. The van der Waals surface area contributed by atoms with Gasteiger partial charge in [0.05, 0.1) is 0 Å². The van der Waals surface area contributed by atoms with Crippen molar-refractivity contribution in [1.29, 1.82) is 0 Å². The first kappa shape index (κ1) is 10.2. The van der Waals surface area contributed by atoms with Crippen molar-refractivity contribution in [2.45, 2.75) is 32.1 Å². The van der Waals surface area contributed by atoms with Crippen LogP contribution in [0.2, 0.25) is 0 Å². The van der Waals surface area contributed by atoms with Crippen LogP contribution < -0.4 is 4.74 Å². The second kappa shape index (κ2) is 3.88. The molecule has 0 atom stereocenters. The standard InChI is InChI=1S/C17H16O/c1-3-7-15-12(5-1)9-10-14-11-13-6-2-4-8-16(13)18-17(14)15/h2,4,6,8-10H,1,3,5,7,11H2. The average Bonchev–Trinajstić information content (AvgIpc) is 2.45. The summed E-state index contributed by atoms with van der Waals surface area (Å²) >= 11 is 0. The monoisotopic (exact) mass is 236 g/mol. The molecule has 0 radical (unpaired) electrons. The number of ether oxygens (including phenoxy) is 1. The molecule has 1 heteroatoms. The van der Waals surface area contributed by atoms with Crippen LogP contribution in [0.4, 0.5) is 0 Å². The first-order valence-electron chi connectivity index (χ1n) is 6.81. The second-order valence-corrected chi connectivity index (χ2v) is 5.29. The highest BCUT2D eigenvalue weighted by Gasteiger charge is 2.22. The Morgan fingerprint density at radius 2 is 1.61 bits per heavy atom. The lowest BCUT2D eigenvalue weighted by Crippen LogP contribution is -2.10. The van der Waals surface area contributed by atoms with E-state index in [4.69, 9.17) is 4.74 Å². The first-order chi connectivity index (χ1) is 8.92. The molecule has 1 nitrogen and oxygen atoms in total. The molecule has 1 aliphatic carbocycles. The van der Waals surface area contributed by atoms with Gasteiger partial charge in [-0.05, 0) is 54.0 Å². The fourth-order valence-electron chi connectivity index (χ4n) is 3.17. The molecule has 0 bridgehead atoms. The van der Waals surface area contributed by atoms with Gasteiger partial charge in [-0.25, -0.2) is 0 Å². The summed E-state index contributed by atoms with van der Waals surface area (Å²) in [5.41, 5.74) is 5.63. The fraction of sp³-hybridized carbons (Fsp3) is 0.294. The Bertz CT molecular complexity index is 613. The van der Waals surface area contributed by atoms with Crippen LogP contribution >= 0.6 is 0 Å². The molecule has 0 amide bonds. The summed E-state index contributed by atoms with van der Waals surface area (Å²) in [6.45, 7) is 0. The second-order valence-electron chi connectivity index (χ2n) is 5.29. The highest BCUT2D eigenvalue weighted by atomic mass is 16.5. The van der Waals surface area contributed by atoms with Gasteiger partial charge >= 0.3 is 0 Å². The lowest BCUT2D eigenvalue weighted by molar-refractivity contribution is 0.448. The van der Waals surface area contributed by atoms with E-state index in [1.54, 1.807) is 0 Å². The van der Waals surface area contributed by atoms with Crippen molar-refractivity contribution in [1.82, 2.24) is 0 Å². The largest absolute Gasteiger partial charge is 0.456 e. The van der Waals surface area contributed by atoms with Gasteiger partial charge < -0.3 is 4.74 Å². The van der Waals surface area contributed by atoms with E-state index in [2.05, 4.69) is 36.4 Å². The van der Waals surface area contributed by atoms with Crippen molar-refractivity contribution in [3.8, 4) is 11.5 Å². The normalized spacial score (nSPS) is 16.2. The molecule has 2 aromatic rings. The van der Waals surface area contributed by atoms with Crippen molar-refractivity contribution in [2.75, 3.05) is 0 Å². The Morgan fingerprint density at radius 1 is 0.778 bits per heavy atom. The number of aryl methyl sites for hydroxylation is 1. The predicted octanol–water partition coefficient (Wildman–Crippen LogP) is 4.26. The van der Waals surface area contributed by atoms with Gasteiger partial charge in [0.25, 0.3) is 0 Å². The van der Waals surface area contributed by atoms with Crippen LogP contribution in [0.1, 0.15) is 35.1 Å². The highest BCUT2D eigenvalue weighted by Crippen LogP contribution is 2.41. The molecule has 0 fully saturated rings. The van der Waals surface area contributed by atoms with Crippen LogP contribution in [0.25, 0.3) is 0 Å². The van der Waals surface area contributed by atoms with Gasteiger partial charge in [0.1, 0.15) is 11.5 Å². The molecule has 90 valence electrons. The maximum absolute atomic E-state index is 6.18. The van der Waals surface area contributed by atoms with E-state index in [-0.39, 0.29) is 0 Å². The number of rotatable bonds is 0. The number of fused-ring (bicyclic) bond motifs is 4. The third-order valence-electron chi connectivity index (χ3n) is 4.13. The molecule has 1 heterocycles. The minimum atomic E-state index is 1.01. The van der Waals surface area contributed by atoms with E-state index in [0.717, 1.165) is 17.9 Å². The van der Waals surface area contributed by atoms with Gasteiger partial charge in [0, 0.05) is 6.42 Å². The topological polar surface area (TPSA) is 9.23 Å². The summed E-state index contributed by atoms with van der Waals surface area (Å²) < 4.78 is 6.18. The molecule has 18 heavy (non-hydrogen) atoms. The molecule has 0 saturated heterocycles. The van der Waals surface area contributed by atoms with E-state index < -0.39 is 0 Å². The van der Waals surface area contributed by atoms with Crippen molar-refractivity contribution in [3.05, 3.63) is 58.7 Å². The van der Waals surface area contributed by atoms with Crippen molar-refractivity contribution >= 4 is 0 Å². The van der Waals surface area contributed by atoms with Crippen LogP contribution in [0.5, 0.6) is 11.5 Å². The van der Waals surface area contributed by atoms with E-state index in [0.29, 0.717) is 0 Å². The SMILES string of the molecule is c1ccc2c(c1)Cc1ccc3c(c1O2)CCCC3. The molecule has 0 saturated carbocycles. The zero-order valence-electron chi connectivity index (χ0n) is 10.4. The Morgan fingerprint density at radius 3 is 2.61 bits per heavy atom. The van der Waals surface area contributed by atoms with Gasteiger partial charge in [-0.2, -0.15) is 0 Å². The minimum absolute atomic E-state index is 1.01. The smallest absolute Gasteiger partial charge is 0.134 e. The van der Waals surface area contributed by atoms with Gasteiger partial charge in [-0.1, -0.05) is 30.3 Å². The molecule has 0 N–H and O–H groups in total. The molecular formula is C17H16O. The maximum atomic E-state index is 6.18. The third-order valence-corrected chi connectivity index (χ3v) is 4.13. The lowest BCUT2D eigenvalue weighted by atomic mass is 9.87. The molecule has 0 unspecified atom stereocenters. The van der Waals surface area contributed by atoms with Crippen LogP contribution in [0.15, 0.2) is 36.4 Å². The quantitative estimate of drug-likeness (QED) is 0.566. The fourth-order valence-corrected chi connectivity index (χ4v) is 3.17. The summed E-state index contributed by atoms with van der Waals surface area (Å²) in [4.78, 5) is 0.